The fraction of sp³-hybridized carbons (Fsp3) is 0.273. The van der Waals surface area contributed by atoms with Crippen LogP contribution in [0.2, 0.25) is 0 Å². The number of benzene rings is 4. The summed E-state index contributed by atoms with van der Waals surface area (Å²) in [5.41, 5.74) is 3.96. The molecule has 0 saturated heterocycles. The monoisotopic (exact) mass is 572 g/mol. The van der Waals surface area contributed by atoms with Crippen LogP contribution in [0.25, 0.3) is 10.8 Å². The zero-order valence-corrected chi connectivity index (χ0v) is 24.8. The van der Waals surface area contributed by atoms with Gasteiger partial charge in [0.25, 0.3) is 15.9 Å². The van der Waals surface area contributed by atoms with Crippen LogP contribution >= 0.6 is 0 Å². The molecule has 0 aliphatic rings. The Kier molecular flexibility index (Phi) is 9.45. The van der Waals surface area contributed by atoms with E-state index in [9.17, 15) is 18.0 Å². The van der Waals surface area contributed by atoms with Gasteiger partial charge in [0.2, 0.25) is 5.91 Å². The normalized spacial score (nSPS) is 11.3. The largest absolute Gasteiger partial charge is 0.496 e. The van der Waals surface area contributed by atoms with Gasteiger partial charge in [-0.15, -0.1) is 0 Å². The average Bonchev–Trinajstić information content (AvgIpc) is 2.95. The number of aryl methyl sites for hydroxylation is 2. The summed E-state index contributed by atoms with van der Waals surface area (Å²) in [6, 6.07) is 24.2. The van der Waals surface area contributed by atoms with Crippen LogP contribution in [0.3, 0.4) is 0 Å². The van der Waals surface area contributed by atoms with Crippen LogP contribution in [0.15, 0.2) is 83.8 Å². The molecule has 2 amide bonds. The van der Waals surface area contributed by atoms with Crippen LogP contribution in [-0.4, -0.2) is 46.3 Å². The molecule has 0 heterocycles. The minimum absolute atomic E-state index is 0.0642. The number of nitrogens with one attached hydrogen (secondary N) is 1. The van der Waals surface area contributed by atoms with E-state index >= 15 is 0 Å². The first-order valence-corrected chi connectivity index (χ1v) is 15.1. The maximum atomic E-state index is 12.9. The number of ether oxygens (including phenoxy) is 1. The number of fused-ring (bicyclic) bond motifs is 1. The minimum Gasteiger partial charge on any atom is -0.496 e. The predicted octanol–water partition coefficient (Wildman–Crippen LogP) is 5.67. The van der Waals surface area contributed by atoms with E-state index in [1.54, 1.807) is 62.3 Å². The quantitative estimate of drug-likeness (QED) is 0.234. The first-order valence-electron chi connectivity index (χ1n) is 13.6. The summed E-state index contributed by atoms with van der Waals surface area (Å²) in [6.45, 7) is 1.68. The fourth-order valence-corrected chi connectivity index (χ4v) is 6.08. The van der Waals surface area contributed by atoms with Crippen LogP contribution in [0.5, 0.6) is 5.75 Å². The molecule has 0 saturated carbocycles. The Morgan fingerprint density at radius 1 is 0.878 bits per heavy atom. The lowest BCUT2D eigenvalue weighted by Gasteiger charge is -2.14. The molecule has 0 atom stereocenters. The number of rotatable bonds is 11. The van der Waals surface area contributed by atoms with Crippen molar-refractivity contribution in [1.29, 1.82) is 0 Å². The second-order valence-electron chi connectivity index (χ2n) is 10.4. The zero-order valence-electron chi connectivity index (χ0n) is 23.9. The van der Waals surface area contributed by atoms with Gasteiger partial charge >= 0.3 is 0 Å². The maximum absolute atomic E-state index is 12.9. The SMILES string of the molecule is COc1cc(C(=O)NS(=O)(=O)c2ccccc2C)ccc1Cc1cccc2ccc(CCCCC(=O)N(C)C)cc12. The standard InChI is InChI=1S/C33H36N2O5S/c1-23-10-5-7-14-31(23)41(38,39)34-33(37)28-19-18-27(30(22-28)40-4)21-26-13-9-12-25-17-16-24(20-29(25)26)11-6-8-15-32(36)35(2)3/h5,7,9-10,12-14,16-20,22H,6,8,11,15,21H2,1-4H3,(H,34,37). The molecule has 7 nitrogen and oxygen atoms in total. The summed E-state index contributed by atoms with van der Waals surface area (Å²) in [5.74, 6) is -0.0685. The second-order valence-corrected chi connectivity index (χ2v) is 12.0. The van der Waals surface area contributed by atoms with Crippen LogP contribution in [0, 0.1) is 6.92 Å². The van der Waals surface area contributed by atoms with E-state index < -0.39 is 15.9 Å². The molecule has 41 heavy (non-hydrogen) atoms. The van der Waals surface area contributed by atoms with Crippen LogP contribution in [-0.2, 0) is 27.7 Å². The smallest absolute Gasteiger partial charge is 0.265 e. The van der Waals surface area contributed by atoms with E-state index in [-0.39, 0.29) is 16.4 Å². The molecule has 0 radical (unpaired) electrons. The van der Waals surface area contributed by atoms with Gasteiger partial charge in [-0.2, -0.15) is 0 Å². The Labute approximate surface area is 242 Å². The number of unbranched alkanes of at least 4 members (excludes halogenated alkanes) is 1. The Balaban J connectivity index is 1.51. The van der Waals surface area contributed by atoms with Gasteiger partial charge in [0.1, 0.15) is 5.75 Å². The van der Waals surface area contributed by atoms with Crippen molar-refractivity contribution in [2.75, 3.05) is 21.2 Å². The second kappa shape index (κ2) is 13.0. The van der Waals surface area contributed by atoms with Gasteiger partial charge in [0, 0.05) is 32.5 Å². The summed E-state index contributed by atoms with van der Waals surface area (Å²) < 4.78 is 33.4. The number of amides is 2. The van der Waals surface area contributed by atoms with E-state index in [2.05, 4.69) is 35.1 Å². The number of nitrogens with zero attached hydrogens (tertiary/aromatic N) is 1. The van der Waals surface area contributed by atoms with Gasteiger partial charge in [0.15, 0.2) is 0 Å². The molecule has 0 unspecified atom stereocenters. The minimum atomic E-state index is -4.02. The van der Waals surface area contributed by atoms with Gasteiger partial charge in [-0.05, 0) is 77.4 Å². The maximum Gasteiger partial charge on any atom is 0.265 e. The van der Waals surface area contributed by atoms with E-state index in [0.29, 0.717) is 24.2 Å². The molecule has 0 spiro atoms. The lowest BCUT2D eigenvalue weighted by Crippen LogP contribution is -2.31. The van der Waals surface area contributed by atoms with Crippen LogP contribution < -0.4 is 9.46 Å². The van der Waals surface area contributed by atoms with Crippen LogP contribution in [0.1, 0.15) is 51.9 Å². The third kappa shape index (κ3) is 7.32. The molecule has 214 valence electrons. The Hall–Kier alpha value is -4.17. The highest BCUT2D eigenvalue weighted by Gasteiger charge is 2.21. The molecular formula is C33H36N2O5S. The van der Waals surface area contributed by atoms with Gasteiger partial charge in [-0.1, -0.05) is 60.7 Å². The Morgan fingerprint density at radius 3 is 2.39 bits per heavy atom. The molecule has 0 aliphatic carbocycles. The number of methoxy groups -OCH3 is 1. The zero-order chi connectivity index (χ0) is 29.6. The number of sulfonamides is 1. The summed E-state index contributed by atoms with van der Waals surface area (Å²) in [6.07, 6.45) is 3.80. The summed E-state index contributed by atoms with van der Waals surface area (Å²) >= 11 is 0. The Bertz CT molecular complexity index is 1680. The molecule has 0 aromatic heterocycles. The van der Waals surface area contributed by atoms with Crippen LogP contribution in [0.4, 0.5) is 0 Å². The van der Waals surface area contributed by atoms with Gasteiger partial charge in [-0.3, -0.25) is 9.59 Å². The highest BCUT2D eigenvalue weighted by Crippen LogP contribution is 2.28. The highest BCUT2D eigenvalue weighted by molar-refractivity contribution is 7.90. The van der Waals surface area contributed by atoms with E-state index in [0.717, 1.165) is 41.2 Å². The van der Waals surface area contributed by atoms with Gasteiger partial charge < -0.3 is 9.64 Å². The first kappa shape index (κ1) is 29.8. The number of hydrogen-bond acceptors (Lipinski definition) is 5. The number of hydrogen-bond donors (Lipinski definition) is 1. The topological polar surface area (TPSA) is 92.8 Å². The third-order valence-corrected chi connectivity index (χ3v) is 8.67. The van der Waals surface area contributed by atoms with E-state index in [1.165, 1.54) is 18.7 Å². The van der Waals surface area contributed by atoms with Crippen molar-refractivity contribution < 1.29 is 22.7 Å². The molecule has 4 aromatic carbocycles. The molecule has 4 aromatic rings. The lowest BCUT2D eigenvalue weighted by atomic mass is 9.95. The van der Waals surface area contributed by atoms with Crippen molar-refractivity contribution in [3.05, 3.63) is 107 Å². The molecular weight excluding hydrogens is 536 g/mol. The summed E-state index contributed by atoms with van der Waals surface area (Å²) in [5, 5.41) is 2.27. The summed E-state index contributed by atoms with van der Waals surface area (Å²) in [7, 11) is 1.07. The molecule has 8 heteroatoms. The average molecular weight is 573 g/mol. The van der Waals surface area contributed by atoms with Crippen molar-refractivity contribution in [2.24, 2.45) is 0 Å². The van der Waals surface area contributed by atoms with Crippen molar-refractivity contribution in [3.8, 4) is 5.75 Å². The van der Waals surface area contributed by atoms with Gasteiger partial charge in [-0.25, -0.2) is 13.1 Å². The molecule has 0 aliphatic heterocycles. The van der Waals surface area contributed by atoms with Crippen molar-refractivity contribution in [1.82, 2.24) is 9.62 Å². The predicted molar refractivity (Wildman–Crippen MR) is 162 cm³/mol. The first-order chi connectivity index (χ1) is 19.6. The highest BCUT2D eigenvalue weighted by atomic mass is 32.2. The Morgan fingerprint density at radius 2 is 1.66 bits per heavy atom. The van der Waals surface area contributed by atoms with Gasteiger partial charge in [0.05, 0.1) is 12.0 Å². The number of carbonyl (C=O) groups is 2. The summed E-state index contributed by atoms with van der Waals surface area (Å²) in [4.78, 5) is 26.5. The lowest BCUT2D eigenvalue weighted by molar-refractivity contribution is -0.128. The van der Waals surface area contributed by atoms with E-state index in [4.69, 9.17) is 4.74 Å². The number of carbonyl (C=O) groups excluding carboxylic acids is 2. The molecule has 4 rings (SSSR count). The molecule has 1 N–H and O–H groups in total. The van der Waals surface area contributed by atoms with Crippen molar-refractivity contribution >= 4 is 32.6 Å². The third-order valence-electron chi connectivity index (χ3n) is 7.18. The van der Waals surface area contributed by atoms with E-state index in [1.807, 2.05) is 6.07 Å². The van der Waals surface area contributed by atoms with Crippen molar-refractivity contribution in [2.45, 2.75) is 43.9 Å². The fourth-order valence-electron chi connectivity index (χ4n) is 4.85. The molecule has 0 fully saturated rings. The molecule has 0 bridgehead atoms. The van der Waals surface area contributed by atoms with Crippen molar-refractivity contribution in [3.63, 3.8) is 0 Å².